The summed E-state index contributed by atoms with van der Waals surface area (Å²) in [7, 11) is 0. The first-order valence-electron chi connectivity index (χ1n) is 4.86. The lowest BCUT2D eigenvalue weighted by Gasteiger charge is -2.22. The predicted octanol–water partition coefficient (Wildman–Crippen LogP) is 1.46. The van der Waals surface area contributed by atoms with E-state index in [2.05, 4.69) is 4.98 Å². The molecule has 15 heavy (non-hydrogen) atoms. The van der Waals surface area contributed by atoms with Crippen molar-refractivity contribution in [3.8, 4) is 11.8 Å². The fraction of sp³-hybridized carbons (Fsp3) is 0.455. The molecule has 0 fully saturated rings. The first kappa shape index (κ1) is 11.5. The van der Waals surface area contributed by atoms with E-state index in [1.165, 1.54) is 0 Å². The molecule has 1 unspecified atom stereocenters. The van der Waals surface area contributed by atoms with Gasteiger partial charge in [0.1, 0.15) is 12.7 Å². The molecule has 0 bridgehead atoms. The highest BCUT2D eigenvalue weighted by atomic mass is 16.5. The molecule has 1 aromatic rings. The zero-order valence-corrected chi connectivity index (χ0v) is 9.03. The van der Waals surface area contributed by atoms with Crippen LogP contribution < -0.4 is 10.5 Å². The summed E-state index contributed by atoms with van der Waals surface area (Å²) in [5.41, 5.74) is 5.85. The smallest absolute Gasteiger partial charge is 0.182 e. The lowest BCUT2D eigenvalue weighted by molar-refractivity contribution is 0.224. The van der Waals surface area contributed by atoms with Crippen LogP contribution in [0.3, 0.4) is 0 Å². The molecule has 1 atom stereocenters. The number of aromatic nitrogens is 1. The van der Waals surface area contributed by atoms with Crippen LogP contribution in [0, 0.1) is 11.3 Å². The topological polar surface area (TPSA) is 71.9 Å². The summed E-state index contributed by atoms with van der Waals surface area (Å²) in [5.74, 6) is 0.491. The highest BCUT2D eigenvalue weighted by Crippen LogP contribution is 2.16. The molecule has 0 radical (unpaired) electrons. The molecule has 4 nitrogen and oxygen atoms in total. The average Bonchev–Trinajstić information content (AvgIpc) is 2.27. The van der Waals surface area contributed by atoms with E-state index >= 15 is 0 Å². The molecule has 4 heteroatoms. The third kappa shape index (κ3) is 3.22. The number of hydrogen-bond acceptors (Lipinski definition) is 4. The van der Waals surface area contributed by atoms with Crippen molar-refractivity contribution in [2.75, 3.05) is 6.61 Å². The fourth-order valence-electron chi connectivity index (χ4n) is 0.936. The van der Waals surface area contributed by atoms with Crippen molar-refractivity contribution in [1.82, 2.24) is 4.98 Å². The van der Waals surface area contributed by atoms with Crippen LogP contribution in [0.25, 0.3) is 0 Å². The van der Waals surface area contributed by atoms with E-state index in [9.17, 15) is 0 Å². The number of nitrogens with two attached hydrogens (primary N) is 1. The number of rotatable bonds is 4. The Balaban J connectivity index is 2.70. The van der Waals surface area contributed by atoms with Crippen LogP contribution in [0.2, 0.25) is 0 Å². The van der Waals surface area contributed by atoms with Gasteiger partial charge in [0.05, 0.1) is 0 Å². The summed E-state index contributed by atoms with van der Waals surface area (Å²) in [6.45, 7) is 4.29. The highest BCUT2D eigenvalue weighted by molar-refractivity contribution is 5.36. The number of pyridine rings is 1. The monoisotopic (exact) mass is 205 g/mol. The van der Waals surface area contributed by atoms with Crippen LogP contribution in [-0.4, -0.2) is 17.1 Å². The summed E-state index contributed by atoms with van der Waals surface area (Å²) in [6, 6.07) is 5.42. The lowest BCUT2D eigenvalue weighted by Crippen LogP contribution is -2.41. The minimum absolute atomic E-state index is 0.296. The van der Waals surface area contributed by atoms with Crippen molar-refractivity contribution in [3.05, 3.63) is 24.0 Å². The second-order valence-electron chi connectivity index (χ2n) is 3.76. The lowest BCUT2D eigenvalue weighted by atomic mass is 10.0. The van der Waals surface area contributed by atoms with Gasteiger partial charge in [0.15, 0.2) is 11.4 Å². The molecule has 2 N–H and O–H groups in total. The van der Waals surface area contributed by atoms with Crippen LogP contribution in [0.5, 0.6) is 5.75 Å². The molecule has 0 aliphatic carbocycles. The number of nitrogens with zero attached hydrogens (tertiary/aromatic N) is 2. The van der Waals surface area contributed by atoms with E-state index < -0.39 is 0 Å². The van der Waals surface area contributed by atoms with Gasteiger partial charge in [0.25, 0.3) is 0 Å². The number of hydrogen-bond donors (Lipinski definition) is 1. The van der Waals surface area contributed by atoms with Gasteiger partial charge in [-0.2, -0.15) is 5.26 Å². The molecule has 1 aromatic heterocycles. The number of nitriles is 1. The van der Waals surface area contributed by atoms with Crippen LogP contribution in [0.15, 0.2) is 18.3 Å². The second-order valence-corrected chi connectivity index (χ2v) is 3.76. The van der Waals surface area contributed by atoms with E-state index in [4.69, 9.17) is 15.7 Å². The summed E-state index contributed by atoms with van der Waals surface area (Å²) < 4.78 is 5.47. The highest BCUT2D eigenvalue weighted by Gasteiger charge is 2.17. The van der Waals surface area contributed by atoms with Crippen molar-refractivity contribution in [1.29, 1.82) is 5.26 Å². The quantitative estimate of drug-likeness (QED) is 0.807. The van der Waals surface area contributed by atoms with E-state index in [1.807, 2.05) is 19.9 Å². The second kappa shape index (κ2) is 4.76. The molecule has 0 amide bonds. The SMILES string of the molecule is CCC(C)(N)COc1cccnc1C#N. The van der Waals surface area contributed by atoms with Crippen molar-refractivity contribution in [2.45, 2.75) is 25.8 Å². The standard InChI is InChI=1S/C11H15N3O/c1-3-11(2,13)8-15-10-5-4-6-14-9(10)7-12/h4-6H,3,8,13H2,1-2H3. The van der Waals surface area contributed by atoms with E-state index in [-0.39, 0.29) is 5.54 Å². The summed E-state index contributed by atoms with van der Waals surface area (Å²) >= 11 is 0. The van der Waals surface area contributed by atoms with Gasteiger partial charge in [-0.05, 0) is 25.5 Å². The Kier molecular flexibility index (Phi) is 3.64. The minimum Gasteiger partial charge on any atom is -0.489 e. The molecule has 0 aliphatic rings. The van der Waals surface area contributed by atoms with Gasteiger partial charge in [0.2, 0.25) is 0 Å². The van der Waals surface area contributed by atoms with Crippen LogP contribution in [0.4, 0.5) is 0 Å². The molecule has 0 saturated carbocycles. The molecular formula is C11H15N3O. The van der Waals surface area contributed by atoms with Gasteiger partial charge in [-0.3, -0.25) is 0 Å². The third-order valence-corrected chi connectivity index (χ3v) is 2.24. The number of ether oxygens (including phenoxy) is 1. The zero-order chi connectivity index (χ0) is 11.3. The molecule has 80 valence electrons. The summed E-state index contributed by atoms with van der Waals surface area (Å²) in [4.78, 5) is 3.90. The maximum absolute atomic E-state index is 8.78. The zero-order valence-electron chi connectivity index (χ0n) is 9.03. The van der Waals surface area contributed by atoms with Crippen molar-refractivity contribution in [3.63, 3.8) is 0 Å². The Labute approximate surface area is 89.7 Å². The van der Waals surface area contributed by atoms with Gasteiger partial charge in [-0.15, -0.1) is 0 Å². The normalized spacial score (nSPS) is 14.0. The maximum Gasteiger partial charge on any atom is 0.182 e. The van der Waals surface area contributed by atoms with E-state index in [0.29, 0.717) is 18.1 Å². The fourth-order valence-corrected chi connectivity index (χ4v) is 0.936. The van der Waals surface area contributed by atoms with E-state index in [0.717, 1.165) is 6.42 Å². The summed E-state index contributed by atoms with van der Waals surface area (Å²) in [6.07, 6.45) is 2.38. The average molecular weight is 205 g/mol. The van der Waals surface area contributed by atoms with Crippen molar-refractivity contribution in [2.24, 2.45) is 5.73 Å². The molecule has 0 aliphatic heterocycles. The molecule has 1 heterocycles. The molecule has 0 saturated heterocycles. The van der Waals surface area contributed by atoms with Gasteiger partial charge >= 0.3 is 0 Å². The largest absolute Gasteiger partial charge is 0.489 e. The first-order chi connectivity index (χ1) is 7.09. The minimum atomic E-state index is -0.372. The van der Waals surface area contributed by atoms with Gasteiger partial charge in [-0.25, -0.2) is 4.98 Å². The Hall–Kier alpha value is -1.60. The Bertz CT molecular complexity index is 368. The van der Waals surface area contributed by atoms with Crippen molar-refractivity contribution >= 4 is 0 Å². The van der Waals surface area contributed by atoms with Gasteiger partial charge < -0.3 is 10.5 Å². The molecule has 0 spiro atoms. The Morgan fingerprint density at radius 2 is 2.40 bits per heavy atom. The Morgan fingerprint density at radius 1 is 1.67 bits per heavy atom. The Morgan fingerprint density at radius 3 is 3.00 bits per heavy atom. The maximum atomic E-state index is 8.78. The van der Waals surface area contributed by atoms with Crippen LogP contribution >= 0.6 is 0 Å². The predicted molar refractivity (Wildman–Crippen MR) is 57.3 cm³/mol. The molecular weight excluding hydrogens is 190 g/mol. The third-order valence-electron chi connectivity index (χ3n) is 2.24. The van der Waals surface area contributed by atoms with Crippen LogP contribution in [-0.2, 0) is 0 Å². The van der Waals surface area contributed by atoms with Gasteiger partial charge in [0, 0.05) is 11.7 Å². The van der Waals surface area contributed by atoms with Gasteiger partial charge in [-0.1, -0.05) is 6.92 Å². The van der Waals surface area contributed by atoms with Crippen LogP contribution in [0.1, 0.15) is 26.0 Å². The molecule has 1 rings (SSSR count). The summed E-state index contributed by atoms with van der Waals surface area (Å²) in [5, 5.41) is 8.78. The molecule has 0 aromatic carbocycles. The van der Waals surface area contributed by atoms with E-state index in [1.54, 1.807) is 18.3 Å². The van der Waals surface area contributed by atoms with Crippen molar-refractivity contribution < 1.29 is 4.74 Å². The first-order valence-corrected chi connectivity index (χ1v) is 4.86.